The SMILES string of the molecule is O[C@H](CC/C=C\c1ccccc1)CCc1ccccc1. The van der Waals surface area contributed by atoms with Crippen molar-refractivity contribution in [3.63, 3.8) is 0 Å². The average Bonchev–Trinajstić information content (AvgIpc) is 2.52. The zero-order valence-corrected chi connectivity index (χ0v) is 11.8. The van der Waals surface area contributed by atoms with Gasteiger partial charge in [-0.25, -0.2) is 0 Å². The third-order valence-corrected chi connectivity index (χ3v) is 3.39. The van der Waals surface area contributed by atoms with Gasteiger partial charge in [0.2, 0.25) is 0 Å². The third-order valence-electron chi connectivity index (χ3n) is 3.39. The summed E-state index contributed by atoms with van der Waals surface area (Å²) in [7, 11) is 0. The van der Waals surface area contributed by atoms with Crippen molar-refractivity contribution < 1.29 is 5.11 Å². The van der Waals surface area contributed by atoms with Gasteiger partial charge >= 0.3 is 0 Å². The molecule has 0 bridgehead atoms. The molecule has 0 aliphatic carbocycles. The first-order valence-corrected chi connectivity index (χ1v) is 7.28. The molecule has 0 saturated carbocycles. The lowest BCUT2D eigenvalue weighted by molar-refractivity contribution is 0.156. The quantitative estimate of drug-likeness (QED) is 0.783. The minimum atomic E-state index is -0.212. The van der Waals surface area contributed by atoms with E-state index in [0.717, 1.165) is 25.7 Å². The van der Waals surface area contributed by atoms with Crippen LogP contribution in [0.15, 0.2) is 66.7 Å². The second-order valence-electron chi connectivity index (χ2n) is 5.07. The first-order valence-electron chi connectivity index (χ1n) is 7.28. The number of rotatable bonds is 7. The monoisotopic (exact) mass is 266 g/mol. The Morgan fingerprint density at radius 2 is 1.50 bits per heavy atom. The van der Waals surface area contributed by atoms with Crippen LogP contribution < -0.4 is 0 Å². The van der Waals surface area contributed by atoms with Gasteiger partial charge in [-0.2, -0.15) is 0 Å². The van der Waals surface area contributed by atoms with E-state index in [0.29, 0.717) is 0 Å². The first kappa shape index (κ1) is 14.5. The topological polar surface area (TPSA) is 20.2 Å². The van der Waals surface area contributed by atoms with Crippen molar-refractivity contribution >= 4 is 6.08 Å². The van der Waals surface area contributed by atoms with Crippen molar-refractivity contribution in [1.82, 2.24) is 0 Å². The van der Waals surface area contributed by atoms with Gasteiger partial charge in [0.05, 0.1) is 6.10 Å². The smallest absolute Gasteiger partial charge is 0.0546 e. The summed E-state index contributed by atoms with van der Waals surface area (Å²) in [4.78, 5) is 0. The molecule has 1 N–H and O–H groups in total. The van der Waals surface area contributed by atoms with Crippen molar-refractivity contribution in [2.75, 3.05) is 0 Å². The Kier molecular flexibility index (Phi) is 6.07. The van der Waals surface area contributed by atoms with Gasteiger partial charge in [0, 0.05) is 0 Å². The molecule has 0 heterocycles. The van der Waals surface area contributed by atoms with E-state index in [-0.39, 0.29) is 6.10 Å². The zero-order chi connectivity index (χ0) is 14.0. The predicted molar refractivity (Wildman–Crippen MR) is 85.5 cm³/mol. The van der Waals surface area contributed by atoms with Gasteiger partial charge in [0.25, 0.3) is 0 Å². The summed E-state index contributed by atoms with van der Waals surface area (Å²) in [5.41, 5.74) is 2.51. The summed E-state index contributed by atoms with van der Waals surface area (Å²) in [5.74, 6) is 0. The van der Waals surface area contributed by atoms with Crippen molar-refractivity contribution in [1.29, 1.82) is 0 Å². The summed E-state index contributed by atoms with van der Waals surface area (Å²) >= 11 is 0. The van der Waals surface area contributed by atoms with Gasteiger partial charge in [0.15, 0.2) is 0 Å². The highest BCUT2D eigenvalue weighted by molar-refractivity contribution is 5.48. The summed E-state index contributed by atoms with van der Waals surface area (Å²) in [6, 6.07) is 20.6. The summed E-state index contributed by atoms with van der Waals surface area (Å²) in [6.45, 7) is 0. The standard InChI is InChI=1S/C19H22O/c20-19(16-15-18-11-5-2-6-12-18)14-8-7-13-17-9-3-1-4-10-17/h1-7,9-13,19-20H,8,14-16H2/b13-7-/t19-/m1/s1. The summed E-state index contributed by atoms with van der Waals surface area (Å²) in [6.07, 6.45) is 7.58. The molecule has 2 rings (SSSR count). The number of hydrogen-bond acceptors (Lipinski definition) is 1. The van der Waals surface area contributed by atoms with E-state index < -0.39 is 0 Å². The van der Waals surface area contributed by atoms with Gasteiger partial charge in [0.1, 0.15) is 0 Å². The Balaban J connectivity index is 1.65. The molecule has 1 heteroatoms. The summed E-state index contributed by atoms with van der Waals surface area (Å²) in [5, 5.41) is 9.97. The van der Waals surface area contributed by atoms with Gasteiger partial charge in [-0.1, -0.05) is 72.8 Å². The molecule has 0 fully saturated rings. The number of aliphatic hydroxyl groups excluding tert-OH is 1. The van der Waals surface area contributed by atoms with Crippen LogP contribution in [-0.2, 0) is 6.42 Å². The van der Waals surface area contributed by atoms with Crippen LogP contribution in [0, 0.1) is 0 Å². The molecule has 1 atom stereocenters. The largest absolute Gasteiger partial charge is 0.393 e. The lowest BCUT2D eigenvalue weighted by Crippen LogP contribution is -2.07. The number of benzene rings is 2. The Labute approximate surface area is 121 Å². The predicted octanol–water partition coefficient (Wildman–Crippen LogP) is 4.47. The molecule has 0 amide bonds. The molecule has 0 unspecified atom stereocenters. The van der Waals surface area contributed by atoms with Crippen molar-refractivity contribution in [2.45, 2.75) is 31.8 Å². The zero-order valence-electron chi connectivity index (χ0n) is 11.8. The van der Waals surface area contributed by atoms with E-state index in [9.17, 15) is 5.11 Å². The maximum absolute atomic E-state index is 9.97. The van der Waals surface area contributed by atoms with Crippen LogP contribution >= 0.6 is 0 Å². The maximum atomic E-state index is 9.97. The Morgan fingerprint density at radius 1 is 0.850 bits per heavy atom. The van der Waals surface area contributed by atoms with Crippen LogP contribution in [0.3, 0.4) is 0 Å². The maximum Gasteiger partial charge on any atom is 0.0546 e. The number of allylic oxidation sites excluding steroid dienone is 1. The molecule has 0 aliphatic rings. The van der Waals surface area contributed by atoms with E-state index in [1.54, 1.807) is 0 Å². The van der Waals surface area contributed by atoms with Crippen LogP contribution in [0.5, 0.6) is 0 Å². The van der Waals surface area contributed by atoms with Crippen LogP contribution in [0.2, 0.25) is 0 Å². The normalized spacial score (nSPS) is 12.7. The molecule has 2 aromatic carbocycles. The van der Waals surface area contributed by atoms with Crippen molar-refractivity contribution in [3.05, 3.63) is 77.9 Å². The van der Waals surface area contributed by atoms with Crippen LogP contribution in [0.25, 0.3) is 6.08 Å². The lowest BCUT2D eigenvalue weighted by atomic mass is 10.0. The fraction of sp³-hybridized carbons (Fsp3) is 0.263. The number of aliphatic hydroxyl groups is 1. The first-order chi connectivity index (χ1) is 9.84. The highest BCUT2D eigenvalue weighted by atomic mass is 16.3. The third kappa shape index (κ3) is 5.41. The molecular weight excluding hydrogens is 244 g/mol. The Hall–Kier alpha value is -1.86. The summed E-state index contributed by atoms with van der Waals surface area (Å²) < 4.78 is 0. The van der Waals surface area contributed by atoms with Crippen molar-refractivity contribution in [3.8, 4) is 0 Å². The van der Waals surface area contributed by atoms with Gasteiger partial charge in [-0.05, 0) is 36.8 Å². The fourth-order valence-corrected chi connectivity index (χ4v) is 2.19. The number of hydrogen-bond donors (Lipinski definition) is 1. The molecule has 2 aromatic rings. The highest BCUT2D eigenvalue weighted by Gasteiger charge is 2.03. The average molecular weight is 266 g/mol. The molecule has 20 heavy (non-hydrogen) atoms. The van der Waals surface area contributed by atoms with Gasteiger partial charge < -0.3 is 5.11 Å². The van der Waals surface area contributed by atoms with E-state index in [2.05, 4.69) is 36.4 Å². The van der Waals surface area contributed by atoms with Crippen LogP contribution in [0.4, 0.5) is 0 Å². The number of aryl methyl sites for hydroxylation is 1. The fourth-order valence-electron chi connectivity index (χ4n) is 2.19. The molecule has 0 aliphatic heterocycles. The molecule has 0 spiro atoms. The highest BCUT2D eigenvalue weighted by Crippen LogP contribution is 2.10. The van der Waals surface area contributed by atoms with Gasteiger partial charge in [-0.3, -0.25) is 0 Å². The van der Waals surface area contributed by atoms with Crippen LogP contribution in [-0.4, -0.2) is 11.2 Å². The Bertz CT molecular complexity index is 502. The lowest BCUT2D eigenvalue weighted by Gasteiger charge is -2.08. The molecular formula is C19H22O. The Morgan fingerprint density at radius 3 is 2.20 bits per heavy atom. The van der Waals surface area contributed by atoms with E-state index >= 15 is 0 Å². The molecule has 0 radical (unpaired) electrons. The molecule has 0 aromatic heterocycles. The molecule has 1 nitrogen and oxygen atoms in total. The molecule has 104 valence electrons. The molecule has 0 saturated heterocycles. The second kappa shape index (κ2) is 8.34. The van der Waals surface area contributed by atoms with E-state index in [1.807, 2.05) is 36.4 Å². The minimum Gasteiger partial charge on any atom is -0.393 e. The van der Waals surface area contributed by atoms with E-state index in [1.165, 1.54) is 11.1 Å². The van der Waals surface area contributed by atoms with Gasteiger partial charge in [-0.15, -0.1) is 0 Å². The minimum absolute atomic E-state index is 0.212. The van der Waals surface area contributed by atoms with E-state index in [4.69, 9.17) is 0 Å². The van der Waals surface area contributed by atoms with Crippen molar-refractivity contribution in [2.24, 2.45) is 0 Å². The second-order valence-corrected chi connectivity index (χ2v) is 5.07. The van der Waals surface area contributed by atoms with Crippen LogP contribution in [0.1, 0.15) is 30.4 Å².